The first-order valence-electron chi connectivity index (χ1n) is 8.45. The summed E-state index contributed by atoms with van der Waals surface area (Å²) in [6.45, 7) is 2.29. The monoisotopic (exact) mass is 341 g/mol. The molecule has 0 fully saturated rings. The van der Waals surface area contributed by atoms with Gasteiger partial charge in [0.15, 0.2) is 0 Å². The normalized spacial score (nSPS) is 16.1. The number of aromatic nitrogens is 2. The summed E-state index contributed by atoms with van der Waals surface area (Å²) in [4.78, 5) is 17.0. The van der Waals surface area contributed by atoms with Gasteiger partial charge in [-0.1, -0.05) is 24.3 Å². The zero-order valence-electron chi connectivity index (χ0n) is 13.8. The fourth-order valence-electron chi connectivity index (χ4n) is 3.58. The summed E-state index contributed by atoms with van der Waals surface area (Å²) in [6.07, 6.45) is 0.256. The lowest BCUT2D eigenvalue weighted by Gasteiger charge is -2.30. The minimum Gasteiger partial charge on any atom is -0.390 e. The van der Waals surface area contributed by atoms with Crippen LogP contribution in [-0.2, 0) is 19.5 Å². The predicted molar refractivity (Wildman–Crippen MR) is 93.9 cm³/mol. The molecular weight excluding hydrogens is 321 g/mol. The van der Waals surface area contributed by atoms with Gasteiger partial charge in [0, 0.05) is 19.6 Å². The zero-order valence-corrected chi connectivity index (χ0v) is 13.8. The minimum atomic E-state index is -0.703. The molecule has 1 aliphatic heterocycles. The van der Waals surface area contributed by atoms with E-state index < -0.39 is 11.9 Å². The average Bonchev–Trinajstić information content (AvgIpc) is 2.90. The van der Waals surface area contributed by atoms with E-state index in [1.807, 2.05) is 12.1 Å². The van der Waals surface area contributed by atoms with Crippen LogP contribution >= 0.6 is 0 Å². The SMILES string of the molecule is O=c1[nH]c2ccc(F)cc2n1CC(O)CN1CCc2ccccc2C1. The van der Waals surface area contributed by atoms with Gasteiger partial charge in [0.05, 0.1) is 23.7 Å². The molecule has 0 saturated heterocycles. The third-order valence-electron chi connectivity index (χ3n) is 4.81. The van der Waals surface area contributed by atoms with E-state index in [1.54, 1.807) is 0 Å². The van der Waals surface area contributed by atoms with E-state index in [2.05, 4.69) is 22.0 Å². The summed E-state index contributed by atoms with van der Waals surface area (Å²) < 4.78 is 14.9. The number of benzene rings is 2. The van der Waals surface area contributed by atoms with Gasteiger partial charge in [0.25, 0.3) is 0 Å². The molecule has 2 aromatic carbocycles. The van der Waals surface area contributed by atoms with E-state index >= 15 is 0 Å². The van der Waals surface area contributed by atoms with Gasteiger partial charge in [-0.25, -0.2) is 9.18 Å². The van der Waals surface area contributed by atoms with E-state index in [-0.39, 0.29) is 12.2 Å². The van der Waals surface area contributed by atoms with Gasteiger partial charge >= 0.3 is 5.69 Å². The summed E-state index contributed by atoms with van der Waals surface area (Å²) in [5, 5.41) is 10.5. The summed E-state index contributed by atoms with van der Waals surface area (Å²) in [5.41, 5.74) is 3.37. The number of H-pyrrole nitrogens is 1. The molecular formula is C19H20FN3O2. The quantitative estimate of drug-likeness (QED) is 0.762. The molecule has 130 valence electrons. The summed E-state index contributed by atoms with van der Waals surface area (Å²) >= 11 is 0. The van der Waals surface area contributed by atoms with E-state index in [4.69, 9.17) is 0 Å². The molecule has 0 aliphatic carbocycles. The van der Waals surface area contributed by atoms with Gasteiger partial charge in [0.1, 0.15) is 5.82 Å². The number of fused-ring (bicyclic) bond motifs is 2. The lowest BCUT2D eigenvalue weighted by atomic mass is 10.00. The van der Waals surface area contributed by atoms with Crippen LogP contribution in [0, 0.1) is 5.82 Å². The third-order valence-corrected chi connectivity index (χ3v) is 4.81. The van der Waals surface area contributed by atoms with Crippen molar-refractivity contribution < 1.29 is 9.50 Å². The maximum Gasteiger partial charge on any atom is 0.326 e. The van der Waals surface area contributed by atoms with Gasteiger partial charge < -0.3 is 10.1 Å². The fraction of sp³-hybridized carbons (Fsp3) is 0.316. The van der Waals surface area contributed by atoms with Crippen LogP contribution in [0.5, 0.6) is 0 Å². The minimum absolute atomic E-state index is 0.139. The van der Waals surface area contributed by atoms with Crippen LogP contribution in [0.2, 0.25) is 0 Å². The lowest BCUT2D eigenvalue weighted by molar-refractivity contribution is 0.0919. The molecule has 1 aliphatic rings. The lowest BCUT2D eigenvalue weighted by Crippen LogP contribution is -2.39. The molecule has 6 heteroatoms. The largest absolute Gasteiger partial charge is 0.390 e. The van der Waals surface area contributed by atoms with Gasteiger partial charge in [-0.3, -0.25) is 9.47 Å². The van der Waals surface area contributed by atoms with Crippen molar-refractivity contribution >= 4 is 11.0 Å². The molecule has 0 saturated carbocycles. The molecule has 25 heavy (non-hydrogen) atoms. The Hall–Kier alpha value is -2.44. The smallest absolute Gasteiger partial charge is 0.326 e. The first-order chi connectivity index (χ1) is 12.1. The predicted octanol–water partition coefficient (Wildman–Crippen LogP) is 1.89. The Labute approximate surface area is 144 Å². The molecule has 0 bridgehead atoms. The Morgan fingerprint density at radius 2 is 1.96 bits per heavy atom. The number of halogens is 1. The van der Waals surface area contributed by atoms with Crippen LogP contribution in [-0.4, -0.2) is 38.8 Å². The van der Waals surface area contributed by atoms with Gasteiger partial charge in [0.2, 0.25) is 0 Å². The van der Waals surface area contributed by atoms with Crippen LogP contribution < -0.4 is 5.69 Å². The highest BCUT2D eigenvalue weighted by atomic mass is 19.1. The number of nitrogens with one attached hydrogen (secondary N) is 1. The van der Waals surface area contributed by atoms with E-state index in [1.165, 1.54) is 33.9 Å². The highest BCUT2D eigenvalue weighted by Gasteiger charge is 2.19. The van der Waals surface area contributed by atoms with E-state index in [0.29, 0.717) is 17.6 Å². The molecule has 2 heterocycles. The van der Waals surface area contributed by atoms with Crippen molar-refractivity contribution in [1.82, 2.24) is 14.5 Å². The third kappa shape index (κ3) is 3.23. The molecule has 1 aromatic heterocycles. The van der Waals surface area contributed by atoms with Gasteiger partial charge in [-0.05, 0) is 35.7 Å². The second kappa shape index (κ2) is 6.46. The number of hydrogen-bond acceptors (Lipinski definition) is 3. The first kappa shape index (κ1) is 16.1. The summed E-state index contributed by atoms with van der Waals surface area (Å²) in [6, 6.07) is 12.5. The summed E-state index contributed by atoms with van der Waals surface area (Å²) in [7, 11) is 0. The summed E-state index contributed by atoms with van der Waals surface area (Å²) in [5.74, 6) is -0.401. The Bertz CT molecular complexity index is 963. The molecule has 3 aromatic rings. The number of aliphatic hydroxyl groups is 1. The molecule has 0 amide bonds. The van der Waals surface area contributed by atoms with Crippen molar-refractivity contribution in [2.24, 2.45) is 0 Å². The first-order valence-corrected chi connectivity index (χ1v) is 8.45. The molecule has 4 rings (SSSR count). The van der Waals surface area contributed by atoms with Crippen molar-refractivity contribution in [3.05, 3.63) is 69.9 Å². The number of nitrogens with zero attached hydrogens (tertiary/aromatic N) is 2. The highest BCUT2D eigenvalue weighted by molar-refractivity contribution is 5.75. The zero-order chi connectivity index (χ0) is 17.4. The molecule has 0 spiro atoms. The second-order valence-corrected chi connectivity index (χ2v) is 6.61. The Morgan fingerprint density at radius 3 is 2.80 bits per heavy atom. The van der Waals surface area contributed by atoms with Crippen LogP contribution in [0.25, 0.3) is 11.0 Å². The topological polar surface area (TPSA) is 61.3 Å². The second-order valence-electron chi connectivity index (χ2n) is 6.61. The maximum absolute atomic E-state index is 13.5. The molecule has 1 atom stereocenters. The average molecular weight is 341 g/mol. The number of aromatic amines is 1. The number of β-amino-alcohol motifs (C(OH)–C–C–N with tert-alkyl or cyclic N) is 1. The Kier molecular flexibility index (Phi) is 4.15. The van der Waals surface area contributed by atoms with Crippen molar-refractivity contribution in [1.29, 1.82) is 0 Å². The van der Waals surface area contributed by atoms with Crippen molar-refractivity contribution in [2.45, 2.75) is 25.6 Å². The fourth-order valence-corrected chi connectivity index (χ4v) is 3.58. The van der Waals surface area contributed by atoms with Crippen molar-refractivity contribution in [3.8, 4) is 0 Å². The number of hydrogen-bond donors (Lipinski definition) is 2. The van der Waals surface area contributed by atoms with Crippen LogP contribution in [0.15, 0.2) is 47.3 Å². The maximum atomic E-state index is 13.5. The van der Waals surface area contributed by atoms with E-state index in [0.717, 1.165) is 19.5 Å². The number of rotatable bonds is 4. The molecule has 2 N–H and O–H groups in total. The standard InChI is InChI=1S/C19H20FN3O2/c20-15-5-6-17-18(9-15)23(19(25)21-17)12-16(24)11-22-8-7-13-3-1-2-4-14(13)10-22/h1-6,9,16,24H,7-8,10-12H2,(H,21,25). The van der Waals surface area contributed by atoms with Gasteiger partial charge in [-0.2, -0.15) is 0 Å². The number of aliphatic hydroxyl groups excluding tert-OH is 1. The van der Waals surface area contributed by atoms with E-state index in [9.17, 15) is 14.3 Å². The van der Waals surface area contributed by atoms with Gasteiger partial charge in [-0.15, -0.1) is 0 Å². The molecule has 5 nitrogen and oxygen atoms in total. The highest BCUT2D eigenvalue weighted by Crippen LogP contribution is 2.19. The van der Waals surface area contributed by atoms with Crippen molar-refractivity contribution in [3.63, 3.8) is 0 Å². The molecule has 0 radical (unpaired) electrons. The van der Waals surface area contributed by atoms with Crippen LogP contribution in [0.1, 0.15) is 11.1 Å². The van der Waals surface area contributed by atoms with Crippen molar-refractivity contribution in [2.75, 3.05) is 13.1 Å². The Morgan fingerprint density at radius 1 is 1.16 bits per heavy atom. The number of imidazole rings is 1. The Balaban J connectivity index is 1.48. The van der Waals surface area contributed by atoms with Crippen LogP contribution in [0.4, 0.5) is 4.39 Å². The van der Waals surface area contributed by atoms with Crippen LogP contribution in [0.3, 0.4) is 0 Å². The molecule has 1 unspecified atom stereocenters.